The summed E-state index contributed by atoms with van der Waals surface area (Å²) >= 11 is 0. The molecule has 1 aliphatic rings. The second kappa shape index (κ2) is 9.14. The minimum absolute atomic E-state index is 0.298. The maximum atomic E-state index is 12.5. The van der Waals surface area contributed by atoms with Crippen LogP contribution in [-0.2, 0) is 14.3 Å². The largest absolute Gasteiger partial charge is 0.493 e. The Balaban J connectivity index is 1.59. The molecule has 0 aromatic heterocycles. The van der Waals surface area contributed by atoms with E-state index in [1.165, 1.54) is 13.2 Å². The normalized spacial score (nSPS) is 12.9. The van der Waals surface area contributed by atoms with Crippen molar-refractivity contribution in [3.63, 3.8) is 0 Å². The third-order valence-corrected chi connectivity index (χ3v) is 4.44. The van der Waals surface area contributed by atoms with E-state index < -0.39 is 5.97 Å². The summed E-state index contributed by atoms with van der Waals surface area (Å²) in [6.45, 7) is 2.41. The van der Waals surface area contributed by atoms with Crippen molar-refractivity contribution in [2.24, 2.45) is 0 Å². The van der Waals surface area contributed by atoms with Gasteiger partial charge in [0.2, 0.25) is 0 Å². The number of ether oxygens (including phenoxy) is 4. The second-order valence-corrected chi connectivity index (χ2v) is 6.42. The Bertz CT molecular complexity index is 937. The van der Waals surface area contributed by atoms with Gasteiger partial charge in [-0.2, -0.15) is 0 Å². The first-order valence-corrected chi connectivity index (χ1v) is 9.12. The van der Waals surface area contributed by atoms with Crippen LogP contribution in [0.25, 0.3) is 6.08 Å². The number of hydrogen-bond donors (Lipinski definition) is 0. The number of esters is 1. The Labute approximate surface area is 169 Å². The summed E-state index contributed by atoms with van der Waals surface area (Å²) in [5, 5.41) is 0. The van der Waals surface area contributed by atoms with Gasteiger partial charge >= 0.3 is 5.97 Å². The lowest BCUT2D eigenvalue weighted by Gasteiger charge is -2.29. The number of methoxy groups -OCH3 is 2. The number of fused-ring (bicyclic) bond motifs is 1. The maximum absolute atomic E-state index is 12.5. The Morgan fingerprint density at radius 1 is 1.10 bits per heavy atom. The Morgan fingerprint density at radius 3 is 2.66 bits per heavy atom. The van der Waals surface area contributed by atoms with Crippen LogP contribution < -0.4 is 19.1 Å². The molecule has 0 spiro atoms. The first-order chi connectivity index (χ1) is 14.0. The van der Waals surface area contributed by atoms with Gasteiger partial charge in [0, 0.05) is 6.08 Å². The molecule has 0 saturated heterocycles. The van der Waals surface area contributed by atoms with Gasteiger partial charge in [-0.05, 0) is 48.4 Å². The highest BCUT2D eigenvalue weighted by molar-refractivity contribution is 5.98. The number of rotatable bonds is 6. The minimum Gasteiger partial charge on any atom is -0.493 e. The molecule has 2 aromatic rings. The fraction of sp³-hybridized carbons (Fsp3) is 0.273. The van der Waals surface area contributed by atoms with E-state index in [1.54, 1.807) is 36.3 Å². The average Bonchev–Trinajstić information content (AvgIpc) is 2.75. The van der Waals surface area contributed by atoms with Crippen molar-refractivity contribution in [2.45, 2.75) is 6.92 Å². The van der Waals surface area contributed by atoms with Gasteiger partial charge in [-0.1, -0.05) is 12.1 Å². The Kier molecular flexibility index (Phi) is 6.39. The molecule has 7 heteroatoms. The van der Waals surface area contributed by atoms with Crippen LogP contribution >= 0.6 is 0 Å². The van der Waals surface area contributed by atoms with Crippen LogP contribution in [0.1, 0.15) is 11.1 Å². The Morgan fingerprint density at radius 2 is 1.90 bits per heavy atom. The molecule has 0 N–H and O–H groups in total. The van der Waals surface area contributed by atoms with Crippen molar-refractivity contribution in [3.8, 4) is 17.2 Å². The summed E-state index contributed by atoms with van der Waals surface area (Å²) in [5.74, 6) is 0.895. The van der Waals surface area contributed by atoms with Crippen molar-refractivity contribution >= 4 is 23.6 Å². The molecule has 1 heterocycles. The molecule has 2 aromatic carbocycles. The molecular weight excluding hydrogens is 374 g/mol. The summed E-state index contributed by atoms with van der Waals surface area (Å²) in [7, 11) is 3.09. The van der Waals surface area contributed by atoms with Gasteiger partial charge in [-0.25, -0.2) is 4.79 Å². The van der Waals surface area contributed by atoms with Crippen LogP contribution in [0.2, 0.25) is 0 Å². The van der Waals surface area contributed by atoms with Crippen LogP contribution in [0.3, 0.4) is 0 Å². The Hall–Kier alpha value is -3.48. The molecule has 29 heavy (non-hydrogen) atoms. The molecule has 152 valence electrons. The monoisotopic (exact) mass is 397 g/mol. The van der Waals surface area contributed by atoms with E-state index in [2.05, 4.69) is 0 Å². The molecule has 3 rings (SSSR count). The summed E-state index contributed by atoms with van der Waals surface area (Å²) in [6, 6.07) is 10.9. The van der Waals surface area contributed by atoms with Crippen molar-refractivity contribution in [2.75, 3.05) is 38.9 Å². The third kappa shape index (κ3) is 4.87. The number of aryl methyl sites for hydroxylation is 1. The van der Waals surface area contributed by atoms with Crippen molar-refractivity contribution in [1.82, 2.24) is 0 Å². The molecule has 0 saturated carbocycles. The van der Waals surface area contributed by atoms with E-state index in [0.29, 0.717) is 36.1 Å². The highest BCUT2D eigenvalue weighted by atomic mass is 16.5. The number of carbonyl (C=O) groups is 2. The van der Waals surface area contributed by atoms with E-state index in [0.717, 1.165) is 11.1 Å². The van der Waals surface area contributed by atoms with Crippen LogP contribution in [0.5, 0.6) is 17.2 Å². The number of benzene rings is 2. The van der Waals surface area contributed by atoms with Crippen LogP contribution in [0.4, 0.5) is 5.69 Å². The van der Waals surface area contributed by atoms with Gasteiger partial charge in [0.25, 0.3) is 5.91 Å². The third-order valence-electron chi connectivity index (χ3n) is 4.44. The quantitative estimate of drug-likeness (QED) is 0.551. The molecule has 0 radical (unpaired) electrons. The van der Waals surface area contributed by atoms with Gasteiger partial charge in [-0.15, -0.1) is 0 Å². The SMILES string of the molecule is COc1ccc(C=CC(=O)OCC(=O)N2CCOc3ccc(C)cc32)cc1OC. The zero-order valence-corrected chi connectivity index (χ0v) is 16.6. The van der Waals surface area contributed by atoms with E-state index in [9.17, 15) is 9.59 Å². The van der Waals surface area contributed by atoms with Crippen LogP contribution in [-0.4, -0.2) is 45.9 Å². The average molecular weight is 397 g/mol. The number of anilines is 1. The molecule has 0 fully saturated rings. The smallest absolute Gasteiger partial charge is 0.331 e. The summed E-state index contributed by atoms with van der Waals surface area (Å²) in [6.07, 6.45) is 2.86. The summed E-state index contributed by atoms with van der Waals surface area (Å²) < 4.78 is 21.1. The van der Waals surface area contributed by atoms with E-state index in [4.69, 9.17) is 18.9 Å². The standard InChI is InChI=1S/C22H23NO6/c1-15-4-7-18-17(12-15)23(10-11-28-18)21(24)14-29-22(25)9-6-16-5-8-19(26-2)20(13-16)27-3/h4-9,12-13H,10-11,14H2,1-3H3. The molecule has 0 aliphatic carbocycles. The zero-order valence-electron chi connectivity index (χ0n) is 16.6. The molecule has 0 bridgehead atoms. The predicted molar refractivity (Wildman–Crippen MR) is 109 cm³/mol. The van der Waals surface area contributed by atoms with Gasteiger partial charge < -0.3 is 23.8 Å². The summed E-state index contributed by atoms with van der Waals surface area (Å²) in [4.78, 5) is 26.1. The van der Waals surface area contributed by atoms with Gasteiger partial charge in [0.1, 0.15) is 12.4 Å². The minimum atomic E-state index is -0.606. The summed E-state index contributed by atoms with van der Waals surface area (Å²) in [5.41, 5.74) is 2.45. The molecule has 0 unspecified atom stereocenters. The number of amides is 1. The molecule has 1 amide bonds. The first kappa shape index (κ1) is 20.3. The van der Waals surface area contributed by atoms with Gasteiger partial charge in [0.05, 0.1) is 26.5 Å². The second-order valence-electron chi connectivity index (χ2n) is 6.42. The van der Waals surface area contributed by atoms with E-state index in [-0.39, 0.29) is 12.5 Å². The highest BCUT2D eigenvalue weighted by Crippen LogP contribution is 2.32. The zero-order chi connectivity index (χ0) is 20.8. The van der Waals surface area contributed by atoms with E-state index >= 15 is 0 Å². The van der Waals surface area contributed by atoms with E-state index in [1.807, 2.05) is 25.1 Å². The van der Waals surface area contributed by atoms with Crippen molar-refractivity contribution in [1.29, 1.82) is 0 Å². The molecule has 1 aliphatic heterocycles. The fourth-order valence-electron chi connectivity index (χ4n) is 2.97. The van der Waals surface area contributed by atoms with Gasteiger partial charge in [-0.3, -0.25) is 4.79 Å². The lowest BCUT2D eigenvalue weighted by molar-refractivity contribution is -0.143. The molecular formula is C22H23NO6. The topological polar surface area (TPSA) is 74.3 Å². The van der Waals surface area contributed by atoms with Crippen molar-refractivity contribution in [3.05, 3.63) is 53.6 Å². The van der Waals surface area contributed by atoms with Crippen LogP contribution in [0.15, 0.2) is 42.5 Å². The van der Waals surface area contributed by atoms with Gasteiger partial charge in [0.15, 0.2) is 18.1 Å². The number of nitrogens with zero attached hydrogens (tertiary/aromatic N) is 1. The number of carbonyl (C=O) groups excluding carboxylic acids is 2. The lowest BCUT2D eigenvalue weighted by atomic mass is 10.1. The number of hydrogen-bond acceptors (Lipinski definition) is 6. The fourth-order valence-corrected chi connectivity index (χ4v) is 2.97. The van der Waals surface area contributed by atoms with Crippen LogP contribution in [0, 0.1) is 6.92 Å². The first-order valence-electron chi connectivity index (χ1n) is 9.12. The highest BCUT2D eigenvalue weighted by Gasteiger charge is 2.24. The maximum Gasteiger partial charge on any atom is 0.331 e. The van der Waals surface area contributed by atoms with Crippen molar-refractivity contribution < 1.29 is 28.5 Å². The molecule has 0 atom stereocenters. The predicted octanol–water partition coefficient (Wildman–Crippen LogP) is 2.99. The molecule has 7 nitrogen and oxygen atoms in total. The lowest BCUT2D eigenvalue weighted by Crippen LogP contribution is -2.40.